The van der Waals surface area contributed by atoms with Crippen LogP contribution in [-0.4, -0.2) is 42.8 Å². The molecule has 0 rings (SSSR count). The Morgan fingerprint density at radius 1 is 0.596 bits per heavy atom. The van der Waals surface area contributed by atoms with Crippen molar-refractivity contribution >= 4 is 19.8 Å². The maximum Gasteiger partial charge on any atom is 0.472 e. The van der Waals surface area contributed by atoms with Crippen molar-refractivity contribution in [2.45, 2.75) is 149 Å². The first-order valence-corrected chi connectivity index (χ1v) is 19.6. The lowest BCUT2D eigenvalue weighted by molar-refractivity contribution is -0.161. The highest BCUT2D eigenvalue weighted by atomic mass is 31.2. The van der Waals surface area contributed by atoms with Gasteiger partial charge in [0.25, 0.3) is 0 Å². The van der Waals surface area contributed by atoms with Gasteiger partial charge in [-0.3, -0.25) is 18.6 Å². The summed E-state index contributed by atoms with van der Waals surface area (Å²) >= 11 is 0. The largest absolute Gasteiger partial charge is 0.472 e. The normalized spacial score (nSPS) is 14.2. The maximum absolute atomic E-state index is 12.5. The smallest absolute Gasteiger partial charge is 0.462 e. The molecule has 0 radical (unpaired) electrons. The zero-order valence-corrected chi connectivity index (χ0v) is 30.6. The fourth-order valence-electron chi connectivity index (χ4n) is 4.44. The van der Waals surface area contributed by atoms with Gasteiger partial charge in [-0.2, -0.15) is 0 Å². The van der Waals surface area contributed by atoms with E-state index in [0.29, 0.717) is 6.42 Å². The van der Waals surface area contributed by atoms with Gasteiger partial charge < -0.3 is 14.4 Å². The number of phosphoric acid groups is 1. The molecule has 0 aromatic carbocycles. The lowest BCUT2D eigenvalue weighted by Crippen LogP contribution is -2.29. The van der Waals surface area contributed by atoms with Crippen LogP contribution in [0.3, 0.4) is 0 Å². The lowest BCUT2D eigenvalue weighted by Gasteiger charge is -2.19. The third kappa shape index (κ3) is 33.4. The van der Waals surface area contributed by atoms with Gasteiger partial charge in [0.05, 0.1) is 13.2 Å². The number of esters is 2. The molecule has 0 amide bonds. The molecule has 2 unspecified atom stereocenters. The second kappa shape index (κ2) is 33.6. The minimum atomic E-state index is -4.29. The van der Waals surface area contributed by atoms with Crippen molar-refractivity contribution in [2.75, 3.05) is 19.8 Å². The molecule has 0 fully saturated rings. The second-order valence-electron chi connectivity index (χ2n) is 11.5. The Morgan fingerprint density at radius 3 is 1.70 bits per heavy atom. The van der Waals surface area contributed by atoms with Gasteiger partial charge in [-0.15, -0.1) is 0 Å². The molecule has 1 N–H and O–H groups in total. The summed E-state index contributed by atoms with van der Waals surface area (Å²) in [7, 11) is -4.29. The molecule has 0 aliphatic rings. The summed E-state index contributed by atoms with van der Waals surface area (Å²) in [5.41, 5.74) is 0. The zero-order chi connectivity index (χ0) is 34.7. The van der Waals surface area contributed by atoms with Gasteiger partial charge >= 0.3 is 19.8 Å². The predicted molar refractivity (Wildman–Crippen MR) is 193 cm³/mol. The summed E-state index contributed by atoms with van der Waals surface area (Å²) in [6, 6.07) is 0. The van der Waals surface area contributed by atoms with Crippen LogP contribution < -0.4 is 0 Å². The van der Waals surface area contributed by atoms with Crippen molar-refractivity contribution in [1.82, 2.24) is 0 Å². The molecule has 47 heavy (non-hydrogen) atoms. The standard InChI is InChI=1S/C38H65O8P/c1-4-7-9-11-13-15-17-19-20-21-23-25-27-29-31-33-38(40)46-36(35-45-47(41,42)44-6-3)34-43-37(39)32-30-28-26-24-22-18-16-14-12-10-8-5-2/h7,9,13-16,19-20,23,25,36H,4-6,8,10-12,17-18,21-22,24,26-35H2,1-3H3,(H,41,42)/b9-7-,15-13-,16-14-,20-19-,25-23-. The average Bonchev–Trinajstić information content (AvgIpc) is 3.04. The van der Waals surface area contributed by atoms with Crippen molar-refractivity contribution in [2.24, 2.45) is 0 Å². The van der Waals surface area contributed by atoms with Gasteiger partial charge in [-0.05, 0) is 84.0 Å². The number of unbranched alkanes of at least 4 members (excludes halogenated alkanes) is 10. The van der Waals surface area contributed by atoms with Gasteiger partial charge in [0.2, 0.25) is 0 Å². The van der Waals surface area contributed by atoms with Crippen LogP contribution in [0.4, 0.5) is 0 Å². The summed E-state index contributed by atoms with van der Waals surface area (Å²) in [5.74, 6) is -0.865. The molecule has 0 spiro atoms. The van der Waals surface area contributed by atoms with Crippen molar-refractivity contribution in [3.63, 3.8) is 0 Å². The molecular formula is C38H65O8P. The molecular weight excluding hydrogens is 615 g/mol. The number of allylic oxidation sites excluding steroid dienone is 10. The van der Waals surface area contributed by atoms with E-state index in [9.17, 15) is 19.0 Å². The fourth-order valence-corrected chi connectivity index (χ4v) is 5.19. The number of rotatable bonds is 32. The zero-order valence-electron chi connectivity index (χ0n) is 29.7. The van der Waals surface area contributed by atoms with Crippen LogP contribution in [0.15, 0.2) is 60.8 Å². The van der Waals surface area contributed by atoms with Crippen LogP contribution in [-0.2, 0) is 32.7 Å². The molecule has 0 aliphatic heterocycles. The summed E-state index contributed by atoms with van der Waals surface area (Å²) in [4.78, 5) is 34.5. The topological polar surface area (TPSA) is 108 Å². The molecule has 9 heteroatoms. The van der Waals surface area contributed by atoms with E-state index >= 15 is 0 Å². The van der Waals surface area contributed by atoms with E-state index in [1.54, 1.807) is 6.92 Å². The predicted octanol–water partition coefficient (Wildman–Crippen LogP) is 10.8. The molecule has 0 aromatic heterocycles. The summed E-state index contributed by atoms with van der Waals surface area (Å²) < 4.78 is 32.4. The summed E-state index contributed by atoms with van der Waals surface area (Å²) in [6.07, 6.45) is 38.5. The number of carbonyl (C=O) groups excluding carboxylic acids is 2. The Morgan fingerprint density at radius 2 is 1.09 bits per heavy atom. The van der Waals surface area contributed by atoms with Gasteiger partial charge in [0.1, 0.15) is 6.61 Å². The van der Waals surface area contributed by atoms with E-state index in [-0.39, 0.29) is 26.1 Å². The number of ether oxygens (including phenoxy) is 2. The van der Waals surface area contributed by atoms with E-state index in [1.165, 1.54) is 25.7 Å². The first-order valence-electron chi connectivity index (χ1n) is 18.1. The maximum atomic E-state index is 12.5. The van der Waals surface area contributed by atoms with Crippen molar-refractivity contribution < 1.29 is 37.6 Å². The van der Waals surface area contributed by atoms with E-state index in [2.05, 4.69) is 74.6 Å². The second-order valence-corrected chi connectivity index (χ2v) is 13.0. The highest BCUT2D eigenvalue weighted by molar-refractivity contribution is 7.47. The van der Waals surface area contributed by atoms with E-state index in [1.807, 2.05) is 0 Å². The molecule has 2 atom stereocenters. The van der Waals surface area contributed by atoms with E-state index in [0.717, 1.165) is 77.0 Å². The van der Waals surface area contributed by atoms with Crippen LogP contribution in [0.25, 0.3) is 0 Å². The SMILES string of the molecule is CC/C=C\C/C=C\C/C=C\C/C=C\CCCCC(=O)OC(COC(=O)CCCCCCC/C=C\CCCCC)COP(=O)(O)OCC. The van der Waals surface area contributed by atoms with Crippen LogP contribution >= 0.6 is 7.82 Å². The Labute approximate surface area is 286 Å². The van der Waals surface area contributed by atoms with Crippen molar-refractivity contribution in [3.8, 4) is 0 Å². The molecule has 0 saturated heterocycles. The van der Waals surface area contributed by atoms with Gasteiger partial charge in [0.15, 0.2) is 6.10 Å². The lowest BCUT2D eigenvalue weighted by atomic mass is 10.1. The third-order valence-corrected chi connectivity index (χ3v) is 8.12. The van der Waals surface area contributed by atoms with E-state index < -0.39 is 32.5 Å². The first kappa shape index (κ1) is 44.8. The quantitative estimate of drug-likeness (QED) is 0.0324. The molecule has 8 nitrogen and oxygen atoms in total. The fraction of sp³-hybridized carbons (Fsp3) is 0.684. The average molecular weight is 681 g/mol. The molecule has 0 aliphatic carbocycles. The van der Waals surface area contributed by atoms with Crippen molar-refractivity contribution in [1.29, 1.82) is 0 Å². The Balaban J connectivity index is 4.29. The van der Waals surface area contributed by atoms with Gasteiger partial charge in [-0.1, -0.05) is 107 Å². The van der Waals surface area contributed by atoms with E-state index in [4.69, 9.17) is 18.5 Å². The van der Waals surface area contributed by atoms with Crippen LogP contribution in [0.2, 0.25) is 0 Å². The third-order valence-electron chi connectivity index (χ3n) is 7.06. The van der Waals surface area contributed by atoms with Crippen LogP contribution in [0, 0.1) is 0 Å². The minimum absolute atomic E-state index is 0.0117. The summed E-state index contributed by atoms with van der Waals surface area (Å²) in [5, 5.41) is 0. The van der Waals surface area contributed by atoms with Gasteiger partial charge in [0, 0.05) is 12.8 Å². The highest BCUT2D eigenvalue weighted by Gasteiger charge is 2.25. The monoisotopic (exact) mass is 680 g/mol. The molecule has 0 saturated carbocycles. The Hall–Kier alpha value is -2.25. The van der Waals surface area contributed by atoms with Crippen LogP contribution in [0.1, 0.15) is 143 Å². The molecule has 0 heterocycles. The summed E-state index contributed by atoms with van der Waals surface area (Å²) in [6.45, 7) is 5.24. The number of hydrogen-bond donors (Lipinski definition) is 1. The Bertz CT molecular complexity index is 953. The minimum Gasteiger partial charge on any atom is -0.462 e. The first-order chi connectivity index (χ1) is 22.8. The Kier molecular flexibility index (Phi) is 32.0. The molecule has 0 bridgehead atoms. The van der Waals surface area contributed by atoms with Gasteiger partial charge in [-0.25, -0.2) is 4.57 Å². The van der Waals surface area contributed by atoms with Crippen molar-refractivity contribution in [3.05, 3.63) is 60.8 Å². The highest BCUT2D eigenvalue weighted by Crippen LogP contribution is 2.43. The number of phosphoric ester groups is 1. The molecule has 270 valence electrons. The number of hydrogen-bond acceptors (Lipinski definition) is 7. The van der Waals surface area contributed by atoms with Crippen LogP contribution in [0.5, 0.6) is 0 Å². The molecule has 0 aromatic rings. The number of carbonyl (C=O) groups is 2.